The molecule has 0 saturated carbocycles. The Bertz CT molecular complexity index is 679. The molecule has 0 fully saturated rings. The van der Waals surface area contributed by atoms with E-state index in [9.17, 15) is 22.0 Å². The van der Waals surface area contributed by atoms with Crippen LogP contribution in [0.5, 0.6) is 0 Å². The van der Waals surface area contributed by atoms with Crippen molar-refractivity contribution in [1.29, 1.82) is 0 Å². The van der Waals surface area contributed by atoms with E-state index in [4.69, 9.17) is 34.8 Å². The highest BCUT2D eigenvalue weighted by Gasteiger charge is 2.32. The third-order valence-electron chi connectivity index (χ3n) is 2.44. The normalized spacial score (nSPS) is 12.2. The second kappa shape index (κ2) is 6.43. The van der Waals surface area contributed by atoms with E-state index in [0.29, 0.717) is 12.1 Å². The Morgan fingerprint density at radius 3 is 2.09 bits per heavy atom. The van der Waals surface area contributed by atoms with Crippen LogP contribution < -0.4 is 0 Å². The molecule has 0 aliphatic carbocycles. The van der Waals surface area contributed by atoms with Gasteiger partial charge in [-0.25, -0.2) is 4.98 Å². The highest BCUT2D eigenvalue weighted by atomic mass is 35.5. The van der Waals surface area contributed by atoms with E-state index in [1.165, 1.54) is 0 Å². The van der Waals surface area contributed by atoms with E-state index >= 15 is 0 Å². The summed E-state index contributed by atoms with van der Waals surface area (Å²) in [6.45, 7) is 0. The van der Waals surface area contributed by atoms with Crippen LogP contribution in [0.1, 0.15) is 5.56 Å². The number of imidazole rings is 1. The van der Waals surface area contributed by atoms with E-state index in [1.807, 2.05) is 0 Å². The largest absolute Gasteiger partial charge is 0.416 e. The fourth-order valence-corrected chi connectivity index (χ4v) is 3.03. The van der Waals surface area contributed by atoms with Gasteiger partial charge in [-0.3, -0.25) is 4.57 Å². The summed E-state index contributed by atoms with van der Waals surface area (Å²) in [5, 5.41) is -1.06. The Hall–Kier alpha value is -0.700. The summed E-state index contributed by atoms with van der Waals surface area (Å²) in [4.78, 5) is 3.65. The Balaban J connectivity index is 2.52. The third kappa shape index (κ3) is 3.79. The average Bonchev–Trinajstić information content (AvgIpc) is 2.67. The molecule has 0 radical (unpaired) electrons. The SMILES string of the molecule is FC(F)Sc1cn(-c2c(Cl)cc(C(F)(F)F)cc2Cl)c(Cl)n1. The molecular weight excluding hydrogens is 394 g/mol. The number of aromatic nitrogens is 2. The summed E-state index contributed by atoms with van der Waals surface area (Å²) in [5.41, 5.74) is -1.11. The molecule has 0 aliphatic heterocycles. The number of hydrogen-bond acceptors (Lipinski definition) is 2. The van der Waals surface area contributed by atoms with Gasteiger partial charge in [0.25, 0.3) is 5.76 Å². The Morgan fingerprint density at radius 1 is 1.09 bits per heavy atom. The zero-order chi connectivity index (χ0) is 16.7. The number of halogens is 8. The van der Waals surface area contributed by atoms with Crippen molar-refractivity contribution in [2.24, 2.45) is 0 Å². The first-order valence-corrected chi connectivity index (χ1v) is 7.37. The zero-order valence-electron chi connectivity index (χ0n) is 10.1. The summed E-state index contributed by atoms with van der Waals surface area (Å²) in [6, 6.07) is 1.33. The van der Waals surface area contributed by atoms with Crippen LogP contribution in [0.4, 0.5) is 22.0 Å². The highest BCUT2D eigenvalue weighted by Crippen LogP contribution is 2.39. The van der Waals surface area contributed by atoms with Gasteiger partial charge in [0.2, 0.25) is 5.28 Å². The molecule has 120 valence electrons. The van der Waals surface area contributed by atoms with Crippen LogP contribution in [-0.2, 0) is 6.18 Å². The molecule has 0 aliphatic rings. The molecule has 0 amide bonds. The van der Waals surface area contributed by atoms with Crippen LogP contribution in [-0.4, -0.2) is 15.3 Å². The lowest BCUT2D eigenvalue weighted by Gasteiger charge is -2.13. The van der Waals surface area contributed by atoms with Gasteiger partial charge in [-0.1, -0.05) is 23.2 Å². The number of nitrogens with zero attached hydrogens (tertiary/aromatic N) is 2. The monoisotopic (exact) mass is 396 g/mol. The fourth-order valence-electron chi connectivity index (χ4n) is 1.60. The Labute approximate surface area is 140 Å². The Morgan fingerprint density at radius 2 is 1.64 bits per heavy atom. The molecule has 1 heterocycles. The topological polar surface area (TPSA) is 17.8 Å². The van der Waals surface area contributed by atoms with Crippen LogP contribution >= 0.6 is 46.6 Å². The van der Waals surface area contributed by atoms with Crippen molar-refractivity contribution < 1.29 is 22.0 Å². The highest BCUT2D eigenvalue weighted by molar-refractivity contribution is 7.99. The molecule has 22 heavy (non-hydrogen) atoms. The fraction of sp³-hybridized carbons (Fsp3) is 0.182. The maximum atomic E-state index is 12.7. The summed E-state index contributed by atoms with van der Waals surface area (Å²) in [6.07, 6.45) is -3.51. The summed E-state index contributed by atoms with van der Waals surface area (Å²) >= 11 is 17.6. The third-order valence-corrected chi connectivity index (χ3v) is 3.89. The second-order valence-corrected chi connectivity index (χ2v) is 6.05. The molecule has 2 nitrogen and oxygen atoms in total. The number of thioether (sulfide) groups is 1. The second-order valence-electron chi connectivity index (χ2n) is 3.88. The minimum Gasteiger partial charge on any atom is -0.286 e. The van der Waals surface area contributed by atoms with Crippen molar-refractivity contribution in [3.63, 3.8) is 0 Å². The molecule has 1 aromatic carbocycles. The van der Waals surface area contributed by atoms with E-state index < -0.39 is 17.5 Å². The quantitative estimate of drug-likeness (QED) is 0.455. The standard InChI is InChI=1S/C11H4Cl3F5N2S/c12-5-1-4(11(17,18)19)2-6(13)8(5)21-3-7(20-9(21)14)22-10(15)16/h1-3,10H. The molecule has 2 aromatic rings. The molecular formula is C11H4Cl3F5N2S. The lowest BCUT2D eigenvalue weighted by molar-refractivity contribution is -0.137. The zero-order valence-corrected chi connectivity index (χ0v) is 13.2. The van der Waals surface area contributed by atoms with Gasteiger partial charge in [-0.05, 0) is 35.5 Å². The summed E-state index contributed by atoms with van der Waals surface area (Å²) in [7, 11) is 0. The molecule has 11 heteroatoms. The molecule has 0 bridgehead atoms. The van der Waals surface area contributed by atoms with Crippen molar-refractivity contribution in [3.05, 3.63) is 39.2 Å². The van der Waals surface area contributed by atoms with Crippen LogP contribution in [0.3, 0.4) is 0 Å². The number of alkyl halides is 5. The predicted molar refractivity (Wildman–Crippen MR) is 75.5 cm³/mol. The lowest BCUT2D eigenvalue weighted by atomic mass is 10.2. The molecule has 2 rings (SSSR count). The van der Waals surface area contributed by atoms with Crippen molar-refractivity contribution in [2.75, 3.05) is 0 Å². The van der Waals surface area contributed by atoms with Gasteiger partial charge >= 0.3 is 6.18 Å². The maximum absolute atomic E-state index is 12.7. The number of benzene rings is 1. The first-order valence-electron chi connectivity index (χ1n) is 5.36. The van der Waals surface area contributed by atoms with Crippen molar-refractivity contribution >= 4 is 46.6 Å². The first-order chi connectivity index (χ1) is 10.1. The maximum Gasteiger partial charge on any atom is 0.416 e. The van der Waals surface area contributed by atoms with Gasteiger partial charge in [0.1, 0.15) is 5.03 Å². The predicted octanol–water partition coefficient (Wildman–Crippen LogP) is 6.17. The molecule has 0 unspecified atom stereocenters. The minimum absolute atomic E-state index is 0.0741. The van der Waals surface area contributed by atoms with Crippen molar-refractivity contribution in [3.8, 4) is 5.69 Å². The smallest absolute Gasteiger partial charge is 0.286 e. The van der Waals surface area contributed by atoms with Crippen molar-refractivity contribution in [2.45, 2.75) is 17.0 Å². The number of rotatable bonds is 3. The van der Waals surface area contributed by atoms with Gasteiger partial charge in [0.05, 0.1) is 21.3 Å². The van der Waals surface area contributed by atoms with Crippen LogP contribution in [0.2, 0.25) is 15.3 Å². The molecule has 0 atom stereocenters. The van der Waals surface area contributed by atoms with Crippen LogP contribution in [0.15, 0.2) is 23.4 Å². The Kier molecular flexibility index (Phi) is 5.16. The van der Waals surface area contributed by atoms with Crippen molar-refractivity contribution in [1.82, 2.24) is 9.55 Å². The van der Waals surface area contributed by atoms with Crippen LogP contribution in [0.25, 0.3) is 5.69 Å². The first kappa shape index (κ1) is 17.7. The molecule has 0 spiro atoms. The van der Waals surface area contributed by atoms with E-state index in [2.05, 4.69) is 4.98 Å². The molecule has 1 aromatic heterocycles. The lowest BCUT2D eigenvalue weighted by Crippen LogP contribution is -2.06. The average molecular weight is 398 g/mol. The van der Waals surface area contributed by atoms with Gasteiger partial charge in [0, 0.05) is 6.20 Å². The molecule has 0 N–H and O–H groups in total. The number of hydrogen-bond donors (Lipinski definition) is 0. The van der Waals surface area contributed by atoms with Crippen LogP contribution in [0, 0.1) is 0 Å². The van der Waals surface area contributed by atoms with Gasteiger partial charge in [0.15, 0.2) is 0 Å². The van der Waals surface area contributed by atoms with E-state index in [0.717, 1.165) is 10.8 Å². The minimum atomic E-state index is -4.62. The van der Waals surface area contributed by atoms with Gasteiger partial charge in [-0.2, -0.15) is 22.0 Å². The van der Waals surface area contributed by atoms with E-state index in [1.54, 1.807) is 0 Å². The van der Waals surface area contributed by atoms with E-state index in [-0.39, 0.29) is 37.8 Å². The van der Waals surface area contributed by atoms with Gasteiger partial charge < -0.3 is 0 Å². The van der Waals surface area contributed by atoms with Gasteiger partial charge in [-0.15, -0.1) is 0 Å². The molecule has 0 saturated heterocycles. The summed E-state index contributed by atoms with van der Waals surface area (Å²) in [5.74, 6) is -2.72. The summed E-state index contributed by atoms with van der Waals surface area (Å²) < 4.78 is 63.6.